The molecule has 19 heavy (non-hydrogen) atoms. The van der Waals surface area contributed by atoms with Gasteiger partial charge in [-0.2, -0.15) is 0 Å². The molecule has 112 valence electrons. The first-order valence-corrected chi connectivity index (χ1v) is 7.99. The number of hydrogen-bond acceptors (Lipinski definition) is 3. The Hall–Kier alpha value is -0.570. The van der Waals surface area contributed by atoms with E-state index in [1.54, 1.807) is 0 Å². The predicted molar refractivity (Wildman–Crippen MR) is 78.8 cm³/mol. The Bertz CT molecular complexity index is 265. The summed E-state index contributed by atoms with van der Waals surface area (Å²) in [5, 5.41) is 0. The van der Waals surface area contributed by atoms with E-state index in [0.717, 1.165) is 38.0 Å². The Morgan fingerprint density at radius 2 is 2.05 bits per heavy atom. The van der Waals surface area contributed by atoms with Gasteiger partial charge in [0.1, 0.15) is 6.10 Å². The highest BCUT2D eigenvalue weighted by atomic mass is 16.5. The first-order valence-electron chi connectivity index (χ1n) is 7.99. The molecule has 1 aliphatic rings. The maximum absolute atomic E-state index is 12.0. The van der Waals surface area contributed by atoms with Gasteiger partial charge in [-0.25, -0.2) is 0 Å². The lowest BCUT2D eigenvalue weighted by atomic mass is 9.85. The molecule has 1 fully saturated rings. The SMILES string of the molecule is CCC1CCCC(OC(=O)C(C)CCCC(C)N)C1. The van der Waals surface area contributed by atoms with E-state index in [1.165, 1.54) is 19.3 Å². The second-order valence-electron chi connectivity index (χ2n) is 6.31. The number of nitrogens with two attached hydrogens (primary N) is 1. The molecule has 0 radical (unpaired) electrons. The van der Waals surface area contributed by atoms with Crippen LogP contribution in [0.5, 0.6) is 0 Å². The molecule has 1 aliphatic carbocycles. The van der Waals surface area contributed by atoms with Crippen molar-refractivity contribution in [2.45, 2.75) is 84.3 Å². The standard InChI is InChI=1S/C16H31NO2/c1-4-14-9-6-10-15(11-14)19-16(18)12(2)7-5-8-13(3)17/h12-15H,4-11,17H2,1-3H3. The normalized spacial score (nSPS) is 26.7. The summed E-state index contributed by atoms with van der Waals surface area (Å²) in [5.41, 5.74) is 5.72. The summed E-state index contributed by atoms with van der Waals surface area (Å²) < 4.78 is 5.67. The van der Waals surface area contributed by atoms with Crippen LogP contribution in [0.2, 0.25) is 0 Å². The number of ether oxygens (including phenoxy) is 1. The molecule has 0 amide bonds. The number of hydrogen-bond donors (Lipinski definition) is 1. The molecular formula is C16H31NO2. The van der Waals surface area contributed by atoms with Gasteiger partial charge in [-0.15, -0.1) is 0 Å². The van der Waals surface area contributed by atoms with Crippen LogP contribution in [0.25, 0.3) is 0 Å². The lowest BCUT2D eigenvalue weighted by Crippen LogP contribution is -2.28. The van der Waals surface area contributed by atoms with Crippen LogP contribution >= 0.6 is 0 Å². The molecule has 0 aromatic rings. The van der Waals surface area contributed by atoms with Crippen molar-refractivity contribution >= 4 is 5.97 Å². The summed E-state index contributed by atoms with van der Waals surface area (Å²) in [6.45, 7) is 6.21. The average molecular weight is 269 g/mol. The molecule has 3 heteroatoms. The van der Waals surface area contributed by atoms with Crippen LogP contribution < -0.4 is 5.73 Å². The summed E-state index contributed by atoms with van der Waals surface area (Å²) in [4.78, 5) is 12.0. The smallest absolute Gasteiger partial charge is 0.308 e. The number of carbonyl (C=O) groups is 1. The van der Waals surface area contributed by atoms with Crippen molar-refractivity contribution in [1.29, 1.82) is 0 Å². The van der Waals surface area contributed by atoms with Gasteiger partial charge in [0.2, 0.25) is 0 Å². The second-order valence-corrected chi connectivity index (χ2v) is 6.31. The summed E-state index contributed by atoms with van der Waals surface area (Å²) in [6.07, 6.45) is 8.88. The van der Waals surface area contributed by atoms with Gasteiger partial charge in [0.25, 0.3) is 0 Å². The van der Waals surface area contributed by atoms with Crippen LogP contribution in [0, 0.1) is 11.8 Å². The van der Waals surface area contributed by atoms with E-state index in [-0.39, 0.29) is 24.0 Å². The highest BCUT2D eigenvalue weighted by Gasteiger charge is 2.25. The Morgan fingerprint density at radius 1 is 1.32 bits per heavy atom. The van der Waals surface area contributed by atoms with Crippen molar-refractivity contribution < 1.29 is 9.53 Å². The highest BCUT2D eigenvalue weighted by Crippen LogP contribution is 2.29. The lowest BCUT2D eigenvalue weighted by Gasteiger charge is -2.29. The number of rotatable bonds is 7. The highest BCUT2D eigenvalue weighted by molar-refractivity contribution is 5.72. The van der Waals surface area contributed by atoms with Crippen molar-refractivity contribution in [3.8, 4) is 0 Å². The Morgan fingerprint density at radius 3 is 2.68 bits per heavy atom. The molecule has 1 rings (SSSR count). The van der Waals surface area contributed by atoms with Crippen LogP contribution in [0.1, 0.15) is 72.1 Å². The molecule has 0 bridgehead atoms. The fourth-order valence-electron chi connectivity index (χ4n) is 2.86. The maximum atomic E-state index is 12.0. The largest absolute Gasteiger partial charge is 0.462 e. The number of esters is 1. The van der Waals surface area contributed by atoms with Gasteiger partial charge >= 0.3 is 5.97 Å². The van der Waals surface area contributed by atoms with Gasteiger partial charge in [0, 0.05) is 6.04 Å². The van der Waals surface area contributed by atoms with Crippen LogP contribution in [0.15, 0.2) is 0 Å². The van der Waals surface area contributed by atoms with Gasteiger partial charge in [0.05, 0.1) is 5.92 Å². The minimum Gasteiger partial charge on any atom is -0.462 e. The molecule has 4 unspecified atom stereocenters. The monoisotopic (exact) mass is 269 g/mol. The van der Waals surface area contributed by atoms with E-state index in [2.05, 4.69) is 6.92 Å². The minimum absolute atomic E-state index is 0.00794. The second kappa shape index (κ2) is 8.57. The zero-order valence-corrected chi connectivity index (χ0v) is 12.9. The quantitative estimate of drug-likeness (QED) is 0.718. The van der Waals surface area contributed by atoms with Gasteiger partial charge in [-0.3, -0.25) is 4.79 Å². The first-order chi connectivity index (χ1) is 9.02. The van der Waals surface area contributed by atoms with Gasteiger partial charge in [0.15, 0.2) is 0 Å². The third-order valence-corrected chi connectivity index (χ3v) is 4.29. The maximum Gasteiger partial charge on any atom is 0.308 e. The Balaban J connectivity index is 2.25. The molecule has 0 spiro atoms. The molecular weight excluding hydrogens is 238 g/mol. The number of carbonyl (C=O) groups excluding carboxylic acids is 1. The molecule has 1 saturated carbocycles. The van der Waals surface area contributed by atoms with Crippen molar-refractivity contribution in [2.75, 3.05) is 0 Å². The van der Waals surface area contributed by atoms with Gasteiger partial charge in [-0.1, -0.05) is 33.1 Å². The fourth-order valence-corrected chi connectivity index (χ4v) is 2.86. The first kappa shape index (κ1) is 16.5. The Labute approximate surface area is 118 Å². The third-order valence-electron chi connectivity index (χ3n) is 4.29. The van der Waals surface area contributed by atoms with E-state index in [1.807, 2.05) is 13.8 Å². The van der Waals surface area contributed by atoms with Gasteiger partial charge in [-0.05, 0) is 44.9 Å². The van der Waals surface area contributed by atoms with E-state index in [9.17, 15) is 4.79 Å². The summed E-state index contributed by atoms with van der Waals surface area (Å²) in [5.74, 6) is 0.757. The topological polar surface area (TPSA) is 52.3 Å². The molecule has 0 aromatic carbocycles. The average Bonchev–Trinajstić information content (AvgIpc) is 2.38. The zero-order valence-electron chi connectivity index (χ0n) is 12.9. The molecule has 2 N–H and O–H groups in total. The van der Waals surface area contributed by atoms with Crippen molar-refractivity contribution in [1.82, 2.24) is 0 Å². The van der Waals surface area contributed by atoms with Crippen LogP contribution in [0.4, 0.5) is 0 Å². The molecule has 0 aliphatic heterocycles. The van der Waals surface area contributed by atoms with Crippen LogP contribution in [0.3, 0.4) is 0 Å². The zero-order chi connectivity index (χ0) is 14.3. The molecule has 0 heterocycles. The van der Waals surface area contributed by atoms with Gasteiger partial charge < -0.3 is 10.5 Å². The summed E-state index contributed by atoms with van der Waals surface area (Å²) >= 11 is 0. The van der Waals surface area contributed by atoms with E-state index >= 15 is 0 Å². The van der Waals surface area contributed by atoms with Crippen molar-refractivity contribution in [3.05, 3.63) is 0 Å². The van der Waals surface area contributed by atoms with Crippen LogP contribution in [-0.4, -0.2) is 18.1 Å². The minimum atomic E-state index is -0.00794. The van der Waals surface area contributed by atoms with E-state index in [4.69, 9.17) is 10.5 Å². The molecule has 3 nitrogen and oxygen atoms in total. The molecule has 0 aromatic heterocycles. The molecule has 4 atom stereocenters. The van der Waals surface area contributed by atoms with E-state index < -0.39 is 0 Å². The predicted octanol–water partition coefficient (Wildman–Crippen LogP) is 3.65. The fraction of sp³-hybridized carbons (Fsp3) is 0.938. The third kappa shape index (κ3) is 6.42. The van der Waals surface area contributed by atoms with Crippen molar-refractivity contribution in [2.24, 2.45) is 17.6 Å². The van der Waals surface area contributed by atoms with Crippen molar-refractivity contribution in [3.63, 3.8) is 0 Å². The van der Waals surface area contributed by atoms with Crippen LogP contribution in [-0.2, 0) is 9.53 Å². The summed E-state index contributed by atoms with van der Waals surface area (Å²) in [7, 11) is 0. The van der Waals surface area contributed by atoms with E-state index in [0.29, 0.717) is 0 Å². The lowest BCUT2D eigenvalue weighted by molar-refractivity contribution is -0.156. The Kier molecular flexibility index (Phi) is 7.44. The molecule has 0 saturated heterocycles. The summed E-state index contributed by atoms with van der Waals surface area (Å²) in [6, 6.07) is 0.229.